The number of amides is 2. The van der Waals surface area contributed by atoms with Gasteiger partial charge < -0.3 is 4.98 Å². The van der Waals surface area contributed by atoms with Crippen molar-refractivity contribution in [3.8, 4) is 0 Å². The first-order valence-electron chi connectivity index (χ1n) is 5.96. The maximum atomic E-state index is 12.1. The lowest BCUT2D eigenvalue weighted by molar-refractivity contribution is 0.0843. The molecule has 3 heterocycles. The molecule has 112 valence electrons. The van der Waals surface area contributed by atoms with Gasteiger partial charge in [0, 0.05) is 28.4 Å². The Morgan fingerprint density at radius 1 is 1.32 bits per heavy atom. The highest BCUT2D eigenvalue weighted by molar-refractivity contribution is 9.10. The van der Waals surface area contributed by atoms with Crippen LogP contribution < -0.4 is 16.4 Å². The van der Waals surface area contributed by atoms with Gasteiger partial charge in [0.1, 0.15) is 11.3 Å². The molecular formula is C12H8BrN5O3S. The van der Waals surface area contributed by atoms with Gasteiger partial charge in [0.05, 0.1) is 0 Å². The Morgan fingerprint density at radius 3 is 2.82 bits per heavy atom. The monoisotopic (exact) mass is 381 g/mol. The number of fused-ring (bicyclic) bond motifs is 1. The van der Waals surface area contributed by atoms with Crippen LogP contribution in [0, 0.1) is 0 Å². The van der Waals surface area contributed by atoms with Crippen LogP contribution in [-0.2, 0) is 0 Å². The van der Waals surface area contributed by atoms with Crippen molar-refractivity contribution in [2.45, 2.75) is 0 Å². The fourth-order valence-electron chi connectivity index (χ4n) is 1.73. The van der Waals surface area contributed by atoms with E-state index in [0.717, 1.165) is 0 Å². The van der Waals surface area contributed by atoms with Crippen molar-refractivity contribution in [3.05, 3.63) is 56.1 Å². The van der Waals surface area contributed by atoms with E-state index in [-0.39, 0.29) is 11.3 Å². The second-order valence-corrected chi connectivity index (χ2v) is 5.96. The van der Waals surface area contributed by atoms with Gasteiger partial charge >= 0.3 is 0 Å². The molecule has 0 spiro atoms. The number of halogens is 1. The number of carbonyl (C=O) groups excluding carboxylic acids is 2. The molecule has 0 aliphatic heterocycles. The zero-order valence-electron chi connectivity index (χ0n) is 10.8. The van der Waals surface area contributed by atoms with Crippen LogP contribution in [0.5, 0.6) is 0 Å². The molecule has 3 aromatic heterocycles. The Balaban J connectivity index is 1.75. The summed E-state index contributed by atoms with van der Waals surface area (Å²) in [6.45, 7) is 0. The van der Waals surface area contributed by atoms with E-state index in [1.54, 1.807) is 17.6 Å². The van der Waals surface area contributed by atoms with Gasteiger partial charge in [-0.15, -0.1) is 11.3 Å². The van der Waals surface area contributed by atoms with Gasteiger partial charge in [-0.05, 0) is 22.0 Å². The van der Waals surface area contributed by atoms with Gasteiger partial charge in [0.2, 0.25) is 0 Å². The lowest BCUT2D eigenvalue weighted by Gasteiger charge is -2.05. The molecule has 8 nitrogen and oxygen atoms in total. The average molecular weight is 382 g/mol. The fourth-order valence-corrected chi connectivity index (χ4v) is 2.75. The lowest BCUT2D eigenvalue weighted by atomic mass is 10.3. The van der Waals surface area contributed by atoms with Crippen LogP contribution in [0.25, 0.3) is 4.96 Å². The van der Waals surface area contributed by atoms with Crippen LogP contribution in [0.4, 0.5) is 0 Å². The van der Waals surface area contributed by atoms with E-state index in [1.165, 1.54) is 28.1 Å². The smallest absolute Gasteiger partial charge is 0.286 e. The third kappa shape index (κ3) is 2.65. The van der Waals surface area contributed by atoms with Crippen LogP contribution in [0.15, 0.2) is 39.3 Å². The number of aromatic nitrogens is 3. The molecule has 3 N–H and O–H groups in total. The topological polar surface area (TPSA) is 108 Å². The number of hydrogen-bond donors (Lipinski definition) is 3. The number of thiazole rings is 1. The first kappa shape index (κ1) is 14.5. The van der Waals surface area contributed by atoms with Crippen LogP contribution >= 0.6 is 27.3 Å². The number of carbonyl (C=O) groups is 2. The molecule has 0 aliphatic carbocycles. The van der Waals surface area contributed by atoms with Crippen molar-refractivity contribution in [1.82, 2.24) is 25.2 Å². The van der Waals surface area contributed by atoms with Gasteiger partial charge in [0.25, 0.3) is 17.4 Å². The van der Waals surface area contributed by atoms with Crippen molar-refractivity contribution in [2.75, 3.05) is 0 Å². The number of hydrogen-bond acceptors (Lipinski definition) is 5. The predicted molar refractivity (Wildman–Crippen MR) is 82.8 cm³/mol. The second kappa shape index (κ2) is 5.73. The van der Waals surface area contributed by atoms with Gasteiger partial charge in [-0.25, -0.2) is 4.98 Å². The minimum Gasteiger partial charge on any atom is -0.356 e. The lowest BCUT2D eigenvalue weighted by Crippen LogP contribution is -2.43. The first-order chi connectivity index (χ1) is 10.6. The third-order valence-corrected chi connectivity index (χ3v) is 4.00. The molecule has 0 saturated heterocycles. The Labute approximate surface area is 135 Å². The highest BCUT2D eigenvalue weighted by atomic mass is 79.9. The maximum absolute atomic E-state index is 12.1. The van der Waals surface area contributed by atoms with Crippen LogP contribution in [0.1, 0.15) is 20.8 Å². The highest BCUT2D eigenvalue weighted by Crippen LogP contribution is 2.10. The molecule has 0 fully saturated rings. The summed E-state index contributed by atoms with van der Waals surface area (Å²) in [5, 5.41) is 1.69. The summed E-state index contributed by atoms with van der Waals surface area (Å²) in [5.41, 5.74) is 3.99. The summed E-state index contributed by atoms with van der Waals surface area (Å²) >= 11 is 4.48. The summed E-state index contributed by atoms with van der Waals surface area (Å²) in [5.74, 6) is -1.28. The molecule has 0 radical (unpaired) electrons. The molecule has 3 rings (SSSR count). The molecule has 3 aromatic rings. The normalized spacial score (nSPS) is 10.6. The van der Waals surface area contributed by atoms with Crippen molar-refractivity contribution in [2.24, 2.45) is 0 Å². The van der Waals surface area contributed by atoms with E-state index < -0.39 is 17.4 Å². The summed E-state index contributed by atoms with van der Waals surface area (Å²) in [7, 11) is 0. The summed E-state index contributed by atoms with van der Waals surface area (Å²) in [6.07, 6.45) is 4.29. The number of H-pyrrole nitrogens is 1. The Morgan fingerprint density at radius 2 is 2.09 bits per heavy atom. The summed E-state index contributed by atoms with van der Waals surface area (Å²) in [6, 6.07) is 1.55. The van der Waals surface area contributed by atoms with E-state index >= 15 is 0 Å². The summed E-state index contributed by atoms with van der Waals surface area (Å²) < 4.78 is 1.97. The minimum atomic E-state index is -0.739. The van der Waals surface area contributed by atoms with E-state index in [2.05, 4.69) is 36.7 Å². The van der Waals surface area contributed by atoms with Gasteiger partial charge in [-0.1, -0.05) is 0 Å². The Kier molecular flexibility index (Phi) is 3.77. The molecule has 0 aromatic carbocycles. The van der Waals surface area contributed by atoms with E-state index in [9.17, 15) is 14.4 Å². The van der Waals surface area contributed by atoms with E-state index in [1.807, 2.05) is 0 Å². The van der Waals surface area contributed by atoms with E-state index in [4.69, 9.17) is 0 Å². The predicted octanol–water partition coefficient (Wildman–Crippen LogP) is 0.921. The van der Waals surface area contributed by atoms with E-state index in [0.29, 0.717) is 9.43 Å². The molecule has 10 heteroatoms. The maximum Gasteiger partial charge on any atom is 0.286 e. The van der Waals surface area contributed by atoms with Crippen molar-refractivity contribution < 1.29 is 9.59 Å². The number of nitrogens with zero attached hydrogens (tertiary/aromatic N) is 2. The molecular weight excluding hydrogens is 374 g/mol. The second-order valence-electron chi connectivity index (χ2n) is 4.17. The third-order valence-electron chi connectivity index (χ3n) is 2.77. The van der Waals surface area contributed by atoms with Crippen molar-refractivity contribution >= 4 is 44.0 Å². The first-order valence-corrected chi connectivity index (χ1v) is 7.63. The van der Waals surface area contributed by atoms with Crippen molar-refractivity contribution in [1.29, 1.82) is 0 Å². The van der Waals surface area contributed by atoms with Crippen LogP contribution in [0.3, 0.4) is 0 Å². The number of aromatic amines is 1. The quantitative estimate of drug-likeness (QED) is 0.573. The SMILES string of the molecule is O=C(NNC(=O)c1cnc2sccn2c1=O)c1cc(Br)c[nH]1. The fraction of sp³-hybridized carbons (Fsp3) is 0. The molecule has 0 aliphatic rings. The zero-order chi connectivity index (χ0) is 15.7. The molecule has 0 unspecified atom stereocenters. The van der Waals surface area contributed by atoms with Crippen molar-refractivity contribution in [3.63, 3.8) is 0 Å². The standard InChI is InChI=1S/C12H8BrN5O3S/c13-6-3-8(14-4-6)10(20)17-16-9(19)7-5-15-12-18(11(7)21)1-2-22-12/h1-5,14H,(H,16,19)(H,17,20). The van der Waals surface area contributed by atoms with Gasteiger partial charge in [0.15, 0.2) is 4.96 Å². The number of rotatable bonds is 2. The molecule has 0 saturated carbocycles. The number of hydrazine groups is 1. The van der Waals surface area contributed by atoms with Crippen LogP contribution in [0.2, 0.25) is 0 Å². The molecule has 2 amide bonds. The summed E-state index contributed by atoms with van der Waals surface area (Å²) in [4.78, 5) is 43.1. The van der Waals surface area contributed by atoms with Gasteiger partial charge in [-0.3, -0.25) is 29.6 Å². The molecule has 0 atom stereocenters. The minimum absolute atomic E-state index is 0.163. The Hall–Kier alpha value is -2.46. The largest absolute Gasteiger partial charge is 0.356 e. The Bertz CT molecular complexity index is 928. The van der Waals surface area contributed by atoms with Gasteiger partial charge in [-0.2, -0.15) is 0 Å². The van der Waals surface area contributed by atoms with Crippen LogP contribution in [-0.4, -0.2) is 26.2 Å². The highest BCUT2D eigenvalue weighted by Gasteiger charge is 2.15. The molecule has 0 bridgehead atoms. The number of nitrogens with one attached hydrogen (secondary N) is 3. The molecule has 22 heavy (non-hydrogen) atoms. The zero-order valence-corrected chi connectivity index (χ0v) is 13.2. The average Bonchev–Trinajstić information content (AvgIpc) is 3.14.